The lowest BCUT2D eigenvalue weighted by atomic mass is 10.0. The quantitative estimate of drug-likeness (QED) is 0.549. The molecule has 168 valence electrons. The number of para-hydroxylation sites is 1. The van der Waals surface area contributed by atoms with Gasteiger partial charge in [-0.2, -0.15) is 0 Å². The lowest BCUT2D eigenvalue weighted by molar-refractivity contribution is -0.142. The third-order valence-electron chi connectivity index (χ3n) is 5.36. The zero-order valence-corrected chi connectivity index (χ0v) is 19.8. The minimum absolute atomic E-state index is 0.0291. The first-order valence-electron chi connectivity index (χ1n) is 10.8. The summed E-state index contributed by atoms with van der Waals surface area (Å²) in [7, 11) is 0. The van der Waals surface area contributed by atoms with Crippen molar-refractivity contribution in [2.75, 3.05) is 6.61 Å². The summed E-state index contributed by atoms with van der Waals surface area (Å²) in [4.78, 5) is 27.5. The Morgan fingerprint density at radius 3 is 2.32 bits per heavy atom. The van der Waals surface area contributed by atoms with Gasteiger partial charge in [0.2, 0.25) is 5.91 Å². The topological polar surface area (TPSA) is 58.6 Å². The Balaban J connectivity index is 2.21. The average molecular weight is 445 g/mol. The summed E-state index contributed by atoms with van der Waals surface area (Å²) in [6.45, 7) is 9.90. The summed E-state index contributed by atoms with van der Waals surface area (Å²) in [5, 5.41) is 3.51. The molecule has 0 spiro atoms. The maximum atomic E-state index is 13.2. The number of nitrogens with one attached hydrogen (secondary N) is 1. The summed E-state index contributed by atoms with van der Waals surface area (Å²) < 4.78 is 5.89. The number of carbonyl (C=O) groups is 2. The van der Waals surface area contributed by atoms with Crippen LogP contribution in [0.25, 0.3) is 0 Å². The zero-order chi connectivity index (χ0) is 23.0. The molecule has 2 aromatic carbocycles. The number of hydrogen-bond acceptors (Lipinski definition) is 3. The molecule has 1 N–H and O–H groups in total. The first kappa shape index (κ1) is 24.7. The highest BCUT2D eigenvalue weighted by atomic mass is 35.5. The highest BCUT2D eigenvalue weighted by Crippen LogP contribution is 2.26. The van der Waals surface area contributed by atoms with Crippen molar-refractivity contribution in [2.45, 2.75) is 65.6 Å². The fraction of sp³-hybridized carbons (Fsp3) is 0.440. The van der Waals surface area contributed by atoms with Crippen LogP contribution in [-0.2, 0) is 16.1 Å². The van der Waals surface area contributed by atoms with Gasteiger partial charge in [0.15, 0.2) is 6.61 Å². The standard InChI is InChI=1S/C25H33ClN2O3/c1-6-18(4)27-25(30)19(5)28(15-20-11-7-9-13-22(20)26)24(29)16-31-23-14-10-8-12-21(23)17(2)3/h7-14,17-19H,6,15-16H2,1-5H3,(H,27,30)/t18-,19-/m0/s1. The molecule has 0 aromatic heterocycles. The normalized spacial score (nSPS) is 12.9. The molecule has 2 amide bonds. The lowest BCUT2D eigenvalue weighted by Gasteiger charge is -2.30. The van der Waals surface area contributed by atoms with Gasteiger partial charge in [0.25, 0.3) is 5.91 Å². The molecule has 0 radical (unpaired) electrons. The van der Waals surface area contributed by atoms with Gasteiger partial charge in [0.05, 0.1) is 0 Å². The number of hydrogen-bond donors (Lipinski definition) is 1. The van der Waals surface area contributed by atoms with Gasteiger partial charge in [-0.05, 0) is 49.4 Å². The summed E-state index contributed by atoms with van der Waals surface area (Å²) >= 11 is 6.32. The lowest BCUT2D eigenvalue weighted by Crippen LogP contribution is -2.50. The molecule has 0 bridgehead atoms. The van der Waals surface area contributed by atoms with Crippen LogP contribution >= 0.6 is 11.6 Å². The van der Waals surface area contributed by atoms with E-state index in [9.17, 15) is 9.59 Å². The second kappa shape index (κ2) is 11.8. The van der Waals surface area contributed by atoms with Crippen molar-refractivity contribution < 1.29 is 14.3 Å². The summed E-state index contributed by atoms with van der Waals surface area (Å²) in [6.07, 6.45) is 0.812. The molecule has 0 aliphatic rings. The Kier molecular flexibility index (Phi) is 9.38. The molecule has 0 aliphatic heterocycles. The fourth-order valence-corrected chi connectivity index (χ4v) is 3.37. The van der Waals surface area contributed by atoms with E-state index in [-0.39, 0.29) is 36.9 Å². The monoisotopic (exact) mass is 444 g/mol. The van der Waals surface area contributed by atoms with E-state index in [0.29, 0.717) is 10.8 Å². The second-order valence-corrected chi connectivity index (χ2v) is 8.50. The van der Waals surface area contributed by atoms with Crippen molar-refractivity contribution >= 4 is 23.4 Å². The van der Waals surface area contributed by atoms with Crippen LogP contribution < -0.4 is 10.1 Å². The maximum Gasteiger partial charge on any atom is 0.261 e. The average Bonchev–Trinajstić information content (AvgIpc) is 2.76. The van der Waals surface area contributed by atoms with Crippen molar-refractivity contribution in [3.63, 3.8) is 0 Å². The van der Waals surface area contributed by atoms with E-state index in [2.05, 4.69) is 19.2 Å². The minimum Gasteiger partial charge on any atom is -0.483 e. The largest absolute Gasteiger partial charge is 0.483 e. The van der Waals surface area contributed by atoms with Gasteiger partial charge in [-0.15, -0.1) is 0 Å². The van der Waals surface area contributed by atoms with Gasteiger partial charge in [0, 0.05) is 17.6 Å². The zero-order valence-electron chi connectivity index (χ0n) is 19.0. The van der Waals surface area contributed by atoms with Gasteiger partial charge in [-0.25, -0.2) is 0 Å². The first-order valence-corrected chi connectivity index (χ1v) is 11.2. The van der Waals surface area contributed by atoms with Crippen molar-refractivity contribution in [2.24, 2.45) is 0 Å². The molecule has 0 aliphatic carbocycles. The fourth-order valence-electron chi connectivity index (χ4n) is 3.17. The van der Waals surface area contributed by atoms with E-state index in [4.69, 9.17) is 16.3 Å². The van der Waals surface area contributed by atoms with Gasteiger partial charge >= 0.3 is 0 Å². The van der Waals surface area contributed by atoms with Crippen molar-refractivity contribution in [3.8, 4) is 5.75 Å². The number of benzene rings is 2. The van der Waals surface area contributed by atoms with E-state index in [1.165, 1.54) is 4.90 Å². The third kappa shape index (κ3) is 7.00. The second-order valence-electron chi connectivity index (χ2n) is 8.09. The number of carbonyl (C=O) groups excluding carboxylic acids is 2. The molecule has 0 saturated heterocycles. The summed E-state index contributed by atoms with van der Waals surface area (Å²) in [5.41, 5.74) is 1.82. The predicted octanol–water partition coefficient (Wildman–Crippen LogP) is 5.17. The number of halogens is 1. The highest BCUT2D eigenvalue weighted by molar-refractivity contribution is 6.31. The van der Waals surface area contributed by atoms with Crippen molar-refractivity contribution in [1.29, 1.82) is 0 Å². The predicted molar refractivity (Wildman–Crippen MR) is 125 cm³/mol. The van der Waals surface area contributed by atoms with E-state index in [1.807, 2.05) is 56.3 Å². The summed E-state index contributed by atoms with van der Waals surface area (Å²) in [5.74, 6) is 0.480. The Morgan fingerprint density at radius 1 is 1.03 bits per heavy atom. The molecule has 6 heteroatoms. The summed E-state index contributed by atoms with van der Waals surface area (Å²) in [6, 6.07) is 14.4. The molecule has 2 atom stereocenters. The van der Waals surface area contributed by atoms with Gasteiger partial charge < -0.3 is 15.0 Å². The van der Waals surface area contributed by atoms with Crippen molar-refractivity contribution in [3.05, 3.63) is 64.7 Å². The van der Waals surface area contributed by atoms with Gasteiger partial charge in [-0.3, -0.25) is 9.59 Å². The maximum absolute atomic E-state index is 13.2. The van der Waals surface area contributed by atoms with Crippen LogP contribution in [0.15, 0.2) is 48.5 Å². The number of amides is 2. The molecule has 0 fully saturated rings. The van der Waals surface area contributed by atoms with E-state index < -0.39 is 6.04 Å². The molecular weight excluding hydrogens is 412 g/mol. The smallest absolute Gasteiger partial charge is 0.261 e. The Labute approximate surface area is 190 Å². The number of nitrogens with zero attached hydrogens (tertiary/aromatic N) is 1. The Hall–Kier alpha value is -2.53. The molecule has 5 nitrogen and oxygen atoms in total. The van der Waals surface area contributed by atoms with Gasteiger partial charge in [0.1, 0.15) is 11.8 Å². The van der Waals surface area contributed by atoms with E-state index in [1.54, 1.807) is 13.0 Å². The van der Waals surface area contributed by atoms with E-state index in [0.717, 1.165) is 17.5 Å². The number of rotatable bonds is 10. The van der Waals surface area contributed by atoms with Crippen LogP contribution in [0.5, 0.6) is 5.75 Å². The van der Waals surface area contributed by atoms with Crippen LogP contribution in [0, 0.1) is 0 Å². The third-order valence-corrected chi connectivity index (χ3v) is 5.73. The molecule has 0 heterocycles. The molecular formula is C25H33ClN2O3. The molecule has 0 unspecified atom stereocenters. The Bertz CT molecular complexity index is 885. The number of ether oxygens (including phenoxy) is 1. The first-order chi connectivity index (χ1) is 14.7. The molecule has 0 saturated carbocycles. The molecule has 2 rings (SSSR count). The molecule has 31 heavy (non-hydrogen) atoms. The van der Waals surface area contributed by atoms with Crippen LogP contribution in [0.2, 0.25) is 5.02 Å². The van der Waals surface area contributed by atoms with Crippen LogP contribution in [0.4, 0.5) is 0 Å². The minimum atomic E-state index is -0.665. The Morgan fingerprint density at radius 2 is 1.68 bits per heavy atom. The highest BCUT2D eigenvalue weighted by Gasteiger charge is 2.27. The van der Waals surface area contributed by atoms with Crippen LogP contribution in [0.1, 0.15) is 58.1 Å². The van der Waals surface area contributed by atoms with Gasteiger partial charge in [-0.1, -0.05) is 68.8 Å². The molecule has 2 aromatic rings. The van der Waals surface area contributed by atoms with Crippen molar-refractivity contribution in [1.82, 2.24) is 10.2 Å². The van der Waals surface area contributed by atoms with Crippen LogP contribution in [-0.4, -0.2) is 35.4 Å². The van der Waals surface area contributed by atoms with Crippen LogP contribution in [0.3, 0.4) is 0 Å². The van der Waals surface area contributed by atoms with E-state index >= 15 is 0 Å². The SMILES string of the molecule is CC[C@H](C)NC(=O)[C@H](C)N(Cc1ccccc1Cl)C(=O)COc1ccccc1C(C)C.